The number of benzene rings is 8. The van der Waals surface area contributed by atoms with Crippen molar-refractivity contribution in [3.05, 3.63) is 164 Å². The molecule has 52 heavy (non-hydrogen) atoms. The average Bonchev–Trinajstić information content (AvgIpc) is 3.99. The van der Waals surface area contributed by atoms with Crippen molar-refractivity contribution in [1.82, 2.24) is 13.5 Å². The Morgan fingerprint density at radius 1 is 0.308 bits per heavy atom. The van der Waals surface area contributed by atoms with E-state index in [1.807, 2.05) is 12.1 Å². The summed E-state index contributed by atoms with van der Waals surface area (Å²) in [6.45, 7) is 0. The molecule has 0 spiro atoms. The van der Waals surface area contributed by atoms with Crippen LogP contribution in [0.2, 0.25) is 0 Å². The van der Waals surface area contributed by atoms with Crippen molar-refractivity contribution in [1.29, 1.82) is 0 Å². The Balaban J connectivity index is 1.12. The summed E-state index contributed by atoms with van der Waals surface area (Å²) in [4.78, 5) is 0. The molecule has 0 radical (unpaired) electrons. The number of fused-ring (bicyclic) bond motifs is 16. The zero-order valence-corrected chi connectivity index (χ0v) is 27.8. The van der Waals surface area contributed by atoms with Gasteiger partial charge in [0.15, 0.2) is 0 Å². The highest BCUT2D eigenvalue weighted by Crippen LogP contribution is 2.44. The molecule has 13 rings (SSSR count). The molecule has 5 heterocycles. The fourth-order valence-corrected chi connectivity index (χ4v) is 9.49. The van der Waals surface area contributed by atoms with Crippen molar-refractivity contribution in [2.45, 2.75) is 0 Å². The molecule has 0 atom stereocenters. The van der Waals surface area contributed by atoms with Crippen LogP contribution in [0.1, 0.15) is 0 Å². The summed E-state index contributed by atoms with van der Waals surface area (Å²) < 4.78 is 13.7. The second kappa shape index (κ2) is 9.39. The number of rotatable bonds is 2. The molecule has 0 aliphatic heterocycles. The maximum Gasteiger partial charge on any atom is 0.137 e. The Morgan fingerprint density at radius 3 is 1.50 bits per heavy atom. The Morgan fingerprint density at radius 2 is 0.808 bits per heavy atom. The minimum Gasteiger partial charge on any atom is -0.456 e. The molecule has 0 unspecified atom stereocenters. The van der Waals surface area contributed by atoms with E-state index in [9.17, 15) is 0 Å². The van der Waals surface area contributed by atoms with Gasteiger partial charge in [0.05, 0.1) is 38.6 Å². The van der Waals surface area contributed by atoms with Crippen LogP contribution in [0.25, 0.3) is 115 Å². The Bertz CT molecular complexity index is 3640. The van der Waals surface area contributed by atoms with Gasteiger partial charge >= 0.3 is 0 Å². The molecule has 0 N–H and O–H groups in total. The van der Waals surface area contributed by atoms with E-state index in [0.29, 0.717) is 0 Å². The van der Waals surface area contributed by atoms with E-state index in [2.05, 4.69) is 165 Å². The lowest BCUT2D eigenvalue weighted by atomic mass is 10.1. The van der Waals surface area contributed by atoms with E-state index >= 15 is 0 Å². The van der Waals surface area contributed by atoms with Crippen LogP contribution in [-0.4, -0.2) is 13.5 Å². The van der Waals surface area contributed by atoms with Crippen LogP contribution >= 0.6 is 0 Å². The number of hydrogen-bond donors (Lipinski definition) is 0. The normalized spacial score (nSPS) is 12.6. The van der Waals surface area contributed by atoms with Crippen LogP contribution in [0.4, 0.5) is 0 Å². The zero-order valence-electron chi connectivity index (χ0n) is 27.8. The van der Waals surface area contributed by atoms with Gasteiger partial charge in [-0.2, -0.15) is 0 Å². The molecule has 4 heteroatoms. The minimum absolute atomic E-state index is 0.897. The summed E-state index contributed by atoms with van der Waals surface area (Å²) in [5, 5.41) is 12.5. The van der Waals surface area contributed by atoms with E-state index in [4.69, 9.17) is 4.42 Å². The van der Waals surface area contributed by atoms with E-state index in [0.717, 1.165) is 33.3 Å². The molecule has 5 aromatic heterocycles. The lowest BCUT2D eigenvalue weighted by Crippen LogP contribution is -1.95. The quantitative estimate of drug-likeness (QED) is 0.181. The van der Waals surface area contributed by atoms with E-state index in [-0.39, 0.29) is 0 Å². The summed E-state index contributed by atoms with van der Waals surface area (Å²) in [5.41, 5.74) is 12.6. The molecule has 0 bridgehead atoms. The third-order valence-corrected chi connectivity index (χ3v) is 11.6. The molecule has 240 valence electrons. The van der Waals surface area contributed by atoms with Crippen molar-refractivity contribution in [2.24, 2.45) is 0 Å². The molecule has 0 aliphatic carbocycles. The monoisotopic (exact) mass is 661 g/mol. The van der Waals surface area contributed by atoms with Crippen molar-refractivity contribution in [3.8, 4) is 11.4 Å². The summed E-state index contributed by atoms with van der Waals surface area (Å²) in [7, 11) is 0. The van der Waals surface area contributed by atoms with Crippen molar-refractivity contribution < 1.29 is 4.42 Å². The number of para-hydroxylation sites is 5. The predicted molar refractivity (Wildman–Crippen MR) is 217 cm³/mol. The molecule has 0 saturated heterocycles. The Hall–Kier alpha value is -7.04. The van der Waals surface area contributed by atoms with Gasteiger partial charge < -0.3 is 18.0 Å². The minimum atomic E-state index is 0.897. The van der Waals surface area contributed by atoms with Crippen LogP contribution in [0.15, 0.2) is 168 Å². The van der Waals surface area contributed by atoms with Gasteiger partial charge in [-0.15, -0.1) is 0 Å². The van der Waals surface area contributed by atoms with Crippen LogP contribution in [-0.2, 0) is 0 Å². The smallest absolute Gasteiger partial charge is 0.137 e. The standard InChI is InChI=1S/C48H27N3O/c1-5-16-38-30(10-1)34-14-9-15-35-31-22-20-28(26-43(31)51(38)48(34)35)49-39-17-6-2-12-36(39)46-41(49)24-25-42-47(46)37-13-3-7-18-40(37)50(42)29-21-23-33-32-11-4-8-19-44(32)52-45(33)27-29/h1-27H. The van der Waals surface area contributed by atoms with E-state index in [1.54, 1.807) is 0 Å². The summed E-state index contributed by atoms with van der Waals surface area (Å²) in [6, 6.07) is 59.7. The lowest BCUT2D eigenvalue weighted by molar-refractivity contribution is 0.668. The van der Waals surface area contributed by atoms with Gasteiger partial charge in [0.25, 0.3) is 0 Å². The number of hydrogen-bond acceptors (Lipinski definition) is 1. The molecular weight excluding hydrogens is 635 g/mol. The first kappa shape index (κ1) is 26.8. The van der Waals surface area contributed by atoms with Crippen molar-refractivity contribution in [3.63, 3.8) is 0 Å². The molecule has 8 aromatic carbocycles. The fraction of sp³-hybridized carbons (Fsp3) is 0. The molecule has 0 fully saturated rings. The van der Waals surface area contributed by atoms with Gasteiger partial charge in [-0.3, -0.25) is 0 Å². The number of furan rings is 1. The fourth-order valence-electron chi connectivity index (χ4n) is 9.49. The van der Waals surface area contributed by atoms with Gasteiger partial charge in [-0.1, -0.05) is 97.1 Å². The Labute approximate surface area is 295 Å². The molecule has 13 aromatic rings. The predicted octanol–water partition coefficient (Wildman–Crippen LogP) is 12.9. The summed E-state index contributed by atoms with van der Waals surface area (Å²) in [5.74, 6) is 0. The van der Waals surface area contributed by atoms with Gasteiger partial charge in [-0.05, 0) is 60.7 Å². The third-order valence-electron chi connectivity index (χ3n) is 11.6. The first-order chi connectivity index (χ1) is 25.8. The highest BCUT2D eigenvalue weighted by atomic mass is 16.3. The average molecular weight is 662 g/mol. The van der Waals surface area contributed by atoms with Gasteiger partial charge in [-0.25, -0.2) is 0 Å². The Kier molecular flexibility index (Phi) is 4.83. The van der Waals surface area contributed by atoms with Crippen LogP contribution in [0, 0.1) is 0 Å². The van der Waals surface area contributed by atoms with Gasteiger partial charge in [0, 0.05) is 71.3 Å². The second-order valence-electron chi connectivity index (χ2n) is 14.1. The topological polar surface area (TPSA) is 27.4 Å². The zero-order chi connectivity index (χ0) is 33.7. The summed E-state index contributed by atoms with van der Waals surface area (Å²) in [6.07, 6.45) is 0. The van der Waals surface area contributed by atoms with Gasteiger partial charge in [0.2, 0.25) is 0 Å². The first-order valence-electron chi connectivity index (χ1n) is 17.9. The van der Waals surface area contributed by atoms with Crippen LogP contribution in [0.5, 0.6) is 0 Å². The van der Waals surface area contributed by atoms with Gasteiger partial charge in [0.1, 0.15) is 11.2 Å². The maximum atomic E-state index is 6.37. The highest BCUT2D eigenvalue weighted by molar-refractivity contribution is 6.29. The summed E-state index contributed by atoms with van der Waals surface area (Å²) >= 11 is 0. The highest BCUT2D eigenvalue weighted by Gasteiger charge is 2.22. The number of aromatic nitrogens is 3. The van der Waals surface area contributed by atoms with Crippen molar-refractivity contribution in [2.75, 3.05) is 0 Å². The second-order valence-corrected chi connectivity index (χ2v) is 14.1. The maximum absolute atomic E-state index is 6.37. The molecular formula is C48H27N3O. The van der Waals surface area contributed by atoms with E-state index in [1.165, 1.54) is 81.7 Å². The first-order valence-corrected chi connectivity index (χ1v) is 17.9. The molecule has 4 nitrogen and oxygen atoms in total. The SMILES string of the molecule is c1ccc2c(c1)oc1cc(-n3c4ccccc4c4c5c6ccccc6n(-c6ccc7c8cccc9c%10ccccc%10n(c7c6)c98)c5ccc43)ccc12. The number of nitrogens with zero attached hydrogens (tertiary/aromatic N) is 3. The van der Waals surface area contributed by atoms with Crippen molar-refractivity contribution >= 4 is 104 Å². The molecule has 0 saturated carbocycles. The molecule has 0 aliphatic rings. The van der Waals surface area contributed by atoms with E-state index < -0.39 is 0 Å². The van der Waals surface area contributed by atoms with Crippen LogP contribution < -0.4 is 0 Å². The third kappa shape index (κ3) is 3.19. The molecule has 0 amide bonds. The lowest BCUT2D eigenvalue weighted by Gasteiger charge is -2.10. The largest absolute Gasteiger partial charge is 0.456 e. The van der Waals surface area contributed by atoms with Crippen LogP contribution in [0.3, 0.4) is 0 Å².